The SMILES string of the molecule is CCCNC(Cc1ncnn1CC(C)C)c1csnn1. The van der Waals surface area contributed by atoms with E-state index >= 15 is 0 Å². The van der Waals surface area contributed by atoms with Crippen molar-refractivity contribution in [3.8, 4) is 0 Å². The van der Waals surface area contributed by atoms with Crippen LogP contribution in [-0.4, -0.2) is 30.9 Å². The van der Waals surface area contributed by atoms with Crippen LogP contribution in [0.2, 0.25) is 0 Å². The summed E-state index contributed by atoms with van der Waals surface area (Å²) in [7, 11) is 0. The Hall–Kier alpha value is -1.34. The summed E-state index contributed by atoms with van der Waals surface area (Å²) in [5, 5.41) is 14.0. The lowest BCUT2D eigenvalue weighted by Gasteiger charge is -2.16. The maximum atomic E-state index is 4.39. The highest BCUT2D eigenvalue weighted by molar-refractivity contribution is 7.03. The topological polar surface area (TPSA) is 68.5 Å². The van der Waals surface area contributed by atoms with Crippen LogP contribution in [0, 0.1) is 5.92 Å². The van der Waals surface area contributed by atoms with Crippen LogP contribution in [-0.2, 0) is 13.0 Å². The van der Waals surface area contributed by atoms with Gasteiger partial charge in [0.2, 0.25) is 0 Å². The normalized spacial score (nSPS) is 13.0. The number of nitrogens with one attached hydrogen (secondary N) is 1. The molecule has 0 fully saturated rings. The fourth-order valence-electron chi connectivity index (χ4n) is 2.05. The molecule has 0 saturated carbocycles. The van der Waals surface area contributed by atoms with Gasteiger partial charge in [0.05, 0.1) is 11.7 Å². The van der Waals surface area contributed by atoms with Crippen molar-refractivity contribution in [2.24, 2.45) is 5.92 Å². The van der Waals surface area contributed by atoms with Gasteiger partial charge in [-0.05, 0) is 30.4 Å². The molecule has 1 atom stereocenters. The molecule has 0 aromatic carbocycles. The second-order valence-electron chi connectivity index (χ2n) is 5.29. The van der Waals surface area contributed by atoms with Crippen LogP contribution >= 0.6 is 11.5 Å². The fourth-order valence-corrected chi connectivity index (χ4v) is 2.56. The van der Waals surface area contributed by atoms with Crippen molar-refractivity contribution in [1.29, 1.82) is 0 Å². The average Bonchev–Trinajstić information content (AvgIpc) is 3.05. The molecule has 2 aromatic rings. The van der Waals surface area contributed by atoms with E-state index in [4.69, 9.17) is 0 Å². The first-order chi connectivity index (χ1) is 9.70. The molecule has 2 rings (SSSR count). The molecule has 0 aliphatic heterocycles. The smallest absolute Gasteiger partial charge is 0.138 e. The van der Waals surface area contributed by atoms with Gasteiger partial charge in [0.25, 0.3) is 0 Å². The van der Waals surface area contributed by atoms with Gasteiger partial charge in [-0.15, -0.1) is 5.10 Å². The third-order valence-corrected chi connectivity index (χ3v) is 3.52. The summed E-state index contributed by atoms with van der Waals surface area (Å²) >= 11 is 1.38. The highest BCUT2D eigenvalue weighted by Gasteiger charge is 2.18. The molecule has 1 unspecified atom stereocenters. The molecule has 110 valence electrons. The third kappa shape index (κ3) is 4.08. The van der Waals surface area contributed by atoms with Gasteiger partial charge in [0.15, 0.2) is 0 Å². The Labute approximate surface area is 123 Å². The molecule has 0 spiro atoms. The Kier molecular flexibility index (Phi) is 5.60. The third-order valence-electron chi connectivity index (χ3n) is 3.00. The van der Waals surface area contributed by atoms with Gasteiger partial charge in [0.1, 0.15) is 12.2 Å². The Bertz CT molecular complexity index is 493. The summed E-state index contributed by atoms with van der Waals surface area (Å²) in [4.78, 5) is 4.39. The highest BCUT2D eigenvalue weighted by Crippen LogP contribution is 2.16. The standard InChI is InChI=1S/C13H22N6S/c1-4-5-14-11(12-8-20-18-17-12)6-13-15-9-16-19(13)7-10(2)3/h8-11,14H,4-7H2,1-3H3. The van der Waals surface area contributed by atoms with Gasteiger partial charge in [-0.3, -0.25) is 0 Å². The highest BCUT2D eigenvalue weighted by atomic mass is 32.1. The van der Waals surface area contributed by atoms with Crippen LogP contribution in [0.25, 0.3) is 0 Å². The zero-order valence-corrected chi connectivity index (χ0v) is 13.1. The number of nitrogens with zero attached hydrogens (tertiary/aromatic N) is 5. The van der Waals surface area contributed by atoms with Crippen molar-refractivity contribution in [1.82, 2.24) is 29.7 Å². The average molecular weight is 294 g/mol. The van der Waals surface area contributed by atoms with Crippen LogP contribution in [0.1, 0.15) is 44.8 Å². The number of rotatable bonds is 8. The lowest BCUT2D eigenvalue weighted by molar-refractivity contribution is 0.441. The van der Waals surface area contributed by atoms with E-state index in [1.54, 1.807) is 6.33 Å². The predicted molar refractivity (Wildman–Crippen MR) is 79.5 cm³/mol. The summed E-state index contributed by atoms with van der Waals surface area (Å²) in [6.07, 6.45) is 3.51. The monoisotopic (exact) mass is 294 g/mol. The summed E-state index contributed by atoms with van der Waals surface area (Å²) < 4.78 is 5.95. The van der Waals surface area contributed by atoms with E-state index in [1.807, 2.05) is 10.1 Å². The first kappa shape index (κ1) is 15.1. The Morgan fingerprint density at radius 2 is 2.25 bits per heavy atom. The molecule has 1 N–H and O–H groups in total. The van der Waals surface area contributed by atoms with Crippen LogP contribution < -0.4 is 5.32 Å². The van der Waals surface area contributed by atoms with Crippen molar-refractivity contribution in [3.05, 3.63) is 23.2 Å². The van der Waals surface area contributed by atoms with Crippen molar-refractivity contribution in [2.45, 2.75) is 46.2 Å². The van der Waals surface area contributed by atoms with Gasteiger partial charge in [-0.2, -0.15) is 5.10 Å². The van der Waals surface area contributed by atoms with Crippen molar-refractivity contribution < 1.29 is 0 Å². The van der Waals surface area contributed by atoms with Crippen LogP contribution in [0.15, 0.2) is 11.7 Å². The van der Waals surface area contributed by atoms with E-state index in [0.29, 0.717) is 5.92 Å². The van der Waals surface area contributed by atoms with E-state index in [2.05, 4.69) is 45.8 Å². The number of aromatic nitrogens is 5. The van der Waals surface area contributed by atoms with Crippen LogP contribution in [0.5, 0.6) is 0 Å². The second kappa shape index (κ2) is 7.44. The van der Waals surface area contributed by atoms with E-state index in [1.165, 1.54) is 11.5 Å². The minimum atomic E-state index is 0.156. The molecule has 20 heavy (non-hydrogen) atoms. The van der Waals surface area contributed by atoms with Crippen LogP contribution in [0.4, 0.5) is 0 Å². The van der Waals surface area contributed by atoms with Gasteiger partial charge in [-0.1, -0.05) is 25.3 Å². The molecule has 2 heterocycles. The molecule has 0 bridgehead atoms. The first-order valence-corrected chi connectivity index (χ1v) is 7.91. The molecular weight excluding hydrogens is 272 g/mol. The van der Waals surface area contributed by atoms with Crippen molar-refractivity contribution >= 4 is 11.5 Å². The van der Waals surface area contributed by atoms with Gasteiger partial charge in [0, 0.05) is 18.3 Å². The quantitative estimate of drug-likeness (QED) is 0.807. The van der Waals surface area contributed by atoms with Crippen LogP contribution in [0.3, 0.4) is 0 Å². The van der Waals surface area contributed by atoms with Crippen molar-refractivity contribution in [3.63, 3.8) is 0 Å². The maximum Gasteiger partial charge on any atom is 0.138 e. The number of hydrogen-bond acceptors (Lipinski definition) is 6. The molecule has 0 aliphatic carbocycles. The Morgan fingerprint density at radius 3 is 2.90 bits per heavy atom. The van der Waals surface area contributed by atoms with E-state index < -0.39 is 0 Å². The summed E-state index contributed by atoms with van der Waals surface area (Å²) in [6.45, 7) is 8.38. The summed E-state index contributed by atoms with van der Waals surface area (Å²) in [5.74, 6) is 1.55. The van der Waals surface area contributed by atoms with Gasteiger partial charge < -0.3 is 5.32 Å². The van der Waals surface area contributed by atoms with E-state index in [0.717, 1.165) is 37.4 Å². The van der Waals surface area contributed by atoms with Gasteiger partial charge >= 0.3 is 0 Å². The van der Waals surface area contributed by atoms with E-state index in [-0.39, 0.29) is 6.04 Å². The minimum Gasteiger partial charge on any atom is -0.308 e. The van der Waals surface area contributed by atoms with Gasteiger partial charge in [-0.25, -0.2) is 9.67 Å². The fraction of sp³-hybridized carbons (Fsp3) is 0.692. The van der Waals surface area contributed by atoms with Crippen molar-refractivity contribution in [2.75, 3.05) is 6.54 Å². The Morgan fingerprint density at radius 1 is 1.40 bits per heavy atom. The molecule has 6 nitrogen and oxygen atoms in total. The molecule has 0 saturated heterocycles. The largest absolute Gasteiger partial charge is 0.308 e. The second-order valence-corrected chi connectivity index (χ2v) is 5.90. The zero-order valence-electron chi connectivity index (χ0n) is 12.3. The lowest BCUT2D eigenvalue weighted by atomic mass is 10.1. The van der Waals surface area contributed by atoms with E-state index in [9.17, 15) is 0 Å². The Balaban J connectivity index is 2.09. The first-order valence-electron chi connectivity index (χ1n) is 7.07. The number of hydrogen-bond donors (Lipinski definition) is 1. The summed E-state index contributed by atoms with van der Waals surface area (Å²) in [6, 6.07) is 0.156. The minimum absolute atomic E-state index is 0.156. The molecule has 2 aromatic heterocycles. The predicted octanol–water partition coefficient (Wildman–Crippen LogP) is 2.07. The lowest BCUT2D eigenvalue weighted by Crippen LogP contribution is -2.26. The molecule has 0 radical (unpaired) electrons. The molecule has 7 heteroatoms. The summed E-state index contributed by atoms with van der Waals surface area (Å²) in [5.41, 5.74) is 0.988. The zero-order chi connectivity index (χ0) is 14.4. The molecule has 0 aliphatic rings. The maximum absolute atomic E-state index is 4.39. The molecular formula is C13H22N6S. The molecule has 0 amide bonds.